The molecule has 0 saturated carbocycles. The summed E-state index contributed by atoms with van der Waals surface area (Å²) >= 11 is 0. The fourth-order valence-corrected chi connectivity index (χ4v) is 2.58. The maximum atomic E-state index is 3.74. The van der Waals surface area contributed by atoms with Crippen LogP contribution in [-0.2, 0) is 0 Å². The second-order valence-electron chi connectivity index (χ2n) is 5.47. The van der Waals surface area contributed by atoms with Gasteiger partial charge in [0.05, 0.1) is 0 Å². The van der Waals surface area contributed by atoms with Crippen LogP contribution in [0.25, 0.3) is 0 Å². The van der Waals surface area contributed by atoms with Gasteiger partial charge in [0.1, 0.15) is 0 Å². The lowest BCUT2D eigenvalue weighted by Gasteiger charge is -2.21. The van der Waals surface area contributed by atoms with Crippen molar-refractivity contribution in [2.24, 2.45) is 0 Å². The van der Waals surface area contributed by atoms with Crippen LogP contribution >= 0.6 is 12.4 Å². The van der Waals surface area contributed by atoms with Gasteiger partial charge in [-0.1, -0.05) is 80.9 Å². The van der Waals surface area contributed by atoms with Gasteiger partial charge in [0.15, 0.2) is 0 Å². The number of hydrogen-bond acceptors (Lipinski definition) is 1. The third-order valence-corrected chi connectivity index (χ3v) is 3.82. The summed E-state index contributed by atoms with van der Waals surface area (Å²) in [6, 6.07) is 22.0. The molecule has 114 valence electrons. The fourth-order valence-electron chi connectivity index (χ4n) is 2.58. The molecule has 0 amide bonds. The summed E-state index contributed by atoms with van der Waals surface area (Å²) in [5.41, 5.74) is 2.80. The van der Waals surface area contributed by atoms with Crippen LogP contribution in [0.5, 0.6) is 0 Å². The summed E-state index contributed by atoms with van der Waals surface area (Å²) in [4.78, 5) is 0. The minimum atomic E-state index is 0. The topological polar surface area (TPSA) is 12.0 Å². The molecule has 0 spiro atoms. The van der Waals surface area contributed by atoms with E-state index in [4.69, 9.17) is 0 Å². The summed E-state index contributed by atoms with van der Waals surface area (Å²) in [5, 5.41) is 3.74. The molecule has 2 rings (SSSR count). The largest absolute Gasteiger partial charge is 0.309 e. The van der Waals surface area contributed by atoms with Crippen LogP contribution in [0.1, 0.15) is 49.8 Å². The van der Waals surface area contributed by atoms with Crippen LogP contribution in [0.2, 0.25) is 0 Å². The van der Waals surface area contributed by atoms with Crippen LogP contribution in [0.4, 0.5) is 0 Å². The molecule has 2 aromatic carbocycles. The van der Waals surface area contributed by atoms with Gasteiger partial charge in [-0.25, -0.2) is 0 Å². The monoisotopic (exact) mass is 303 g/mol. The Morgan fingerprint density at radius 3 is 1.90 bits per heavy atom. The molecule has 1 nitrogen and oxygen atoms in total. The van der Waals surface area contributed by atoms with E-state index >= 15 is 0 Å². The number of hydrogen-bond donors (Lipinski definition) is 1. The molecule has 1 N–H and O–H groups in total. The van der Waals surface area contributed by atoms with Crippen molar-refractivity contribution in [3.05, 3.63) is 71.8 Å². The van der Waals surface area contributed by atoms with Crippen LogP contribution < -0.4 is 5.32 Å². The number of rotatable bonds is 7. The van der Waals surface area contributed by atoms with E-state index in [0.29, 0.717) is 12.0 Å². The van der Waals surface area contributed by atoms with Crippen molar-refractivity contribution in [3.8, 4) is 0 Å². The van der Waals surface area contributed by atoms with Crippen molar-refractivity contribution < 1.29 is 0 Å². The van der Waals surface area contributed by atoms with Crippen molar-refractivity contribution in [2.45, 2.75) is 38.6 Å². The van der Waals surface area contributed by atoms with E-state index in [2.05, 4.69) is 79.8 Å². The lowest BCUT2D eigenvalue weighted by molar-refractivity contribution is 0.475. The van der Waals surface area contributed by atoms with Crippen molar-refractivity contribution in [2.75, 3.05) is 6.54 Å². The normalized spacial score (nSPS) is 13.2. The molecule has 21 heavy (non-hydrogen) atoms. The van der Waals surface area contributed by atoms with Gasteiger partial charge in [-0.2, -0.15) is 0 Å². The molecule has 0 aliphatic carbocycles. The zero-order valence-corrected chi connectivity index (χ0v) is 13.8. The lowest BCUT2D eigenvalue weighted by Crippen LogP contribution is -2.25. The molecular weight excluding hydrogens is 278 g/mol. The van der Waals surface area contributed by atoms with Crippen LogP contribution in [0.15, 0.2) is 60.7 Å². The molecule has 0 bridgehead atoms. The van der Waals surface area contributed by atoms with E-state index in [1.54, 1.807) is 0 Å². The number of halogens is 1. The summed E-state index contributed by atoms with van der Waals surface area (Å²) in [6.45, 7) is 5.55. The van der Waals surface area contributed by atoms with Gasteiger partial charge in [0, 0.05) is 12.6 Å². The molecule has 0 fully saturated rings. The highest BCUT2D eigenvalue weighted by atomic mass is 35.5. The number of benzene rings is 2. The molecule has 0 aliphatic rings. The standard InChI is InChI=1S/C19H25N.ClH/c1-3-10-19(18-13-8-5-9-14-18)20-15-16(2)17-11-6-4-7-12-17;/h4-9,11-14,16,19-20H,3,10,15H2,1-2H3;1H. The van der Waals surface area contributed by atoms with E-state index in [1.807, 2.05) is 0 Å². The second-order valence-corrected chi connectivity index (χ2v) is 5.47. The first-order chi connectivity index (χ1) is 9.81. The smallest absolute Gasteiger partial charge is 0.0320 e. The Morgan fingerprint density at radius 1 is 0.857 bits per heavy atom. The maximum Gasteiger partial charge on any atom is 0.0320 e. The number of nitrogens with one attached hydrogen (secondary N) is 1. The Labute approximate surface area is 135 Å². The highest BCUT2D eigenvalue weighted by molar-refractivity contribution is 5.85. The van der Waals surface area contributed by atoms with Crippen molar-refractivity contribution in [1.29, 1.82) is 0 Å². The molecule has 2 heteroatoms. The molecule has 2 unspecified atom stereocenters. The average Bonchev–Trinajstić information content (AvgIpc) is 2.53. The Balaban J connectivity index is 0.00000220. The Hall–Kier alpha value is -1.31. The van der Waals surface area contributed by atoms with Crippen molar-refractivity contribution >= 4 is 12.4 Å². The predicted molar refractivity (Wildman–Crippen MR) is 94.2 cm³/mol. The Bertz CT molecular complexity index is 483. The molecule has 0 aliphatic heterocycles. The second kappa shape index (κ2) is 9.59. The van der Waals surface area contributed by atoms with Gasteiger partial charge in [0.25, 0.3) is 0 Å². The van der Waals surface area contributed by atoms with Gasteiger partial charge in [0.2, 0.25) is 0 Å². The van der Waals surface area contributed by atoms with Crippen molar-refractivity contribution in [1.82, 2.24) is 5.32 Å². The minimum absolute atomic E-state index is 0. The third kappa shape index (κ3) is 5.53. The molecule has 0 heterocycles. The zero-order valence-electron chi connectivity index (χ0n) is 13.0. The minimum Gasteiger partial charge on any atom is -0.309 e. The summed E-state index contributed by atoms with van der Waals surface area (Å²) in [7, 11) is 0. The molecular formula is C19H26ClN. The van der Waals surface area contributed by atoms with E-state index < -0.39 is 0 Å². The van der Waals surface area contributed by atoms with Gasteiger partial charge in [-0.05, 0) is 23.5 Å². The fraction of sp³-hybridized carbons (Fsp3) is 0.368. The summed E-state index contributed by atoms with van der Waals surface area (Å²) < 4.78 is 0. The van der Waals surface area contributed by atoms with Crippen LogP contribution in [0, 0.1) is 0 Å². The quantitative estimate of drug-likeness (QED) is 0.727. The predicted octanol–water partition coefficient (Wildman–Crippen LogP) is 5.34. The maximum absolute atomic E-state index is 3.74. The Kier molecular flexibility index (Phi) is 8.11. The van der Waals surface area contributed by atoms with Gasteiger partial charge in [-0.3, -0.25) is 0 Å². The first-order valence-corrected chi connectivity index (χ1v) is 7.64. The SMILES string of the molecule is CCCC(NCC(C)c1ccccc1)c1ccccc1.Cl. The summed E-state index contributed by atoms with van der Waals surface area (Å²) in [6.07, 6.45) is 2.39. The molecule has 0 saturated heterocycles. The molecule has 0 aromatic heterocycles. The Morgan fingerprint density at radius 2 is 1.38 bits per heavy atom. The molecule has 2 aromatic rings. The van der Waals surface area contributed by atoms with E-state index in [1.165, 1.54) is 24.0 Å². The third-order valence-electron chi connectivity index (χ3n) is 3.82. The van der Waals surface area contributed by atoms with Crippen LogP contribution in [0.3, 0.4) is 0 Å². The first-order valence-electron chi connectivity index (χ1n) is 7.64. The van der Waals surface area contributed by atoms with Crippen molar-refractivity contribution in [3.63, 3.8) is 0 Å². The van der Waals surface area contributed by atoms with Gasteiger partial charge < -0.3 is 5.32 Å². The lowest BCUT2D eigenvalue weighted by atomic mass is 9.98. The van der Waals surface area contributed by atoms with E-state index in [0.717, 1.165) is 6.54 Å². The highest BCUT2D eigenvalue weighted by Crippen LogP contribution is 2.20. The molecule has 0 radical (unpaired) electrons. The van der Waals surface area contributed by atoms with E-state index in [-0.39, 0.29) is 12.4 Å². The van der Waals surface area contributed by atoms with E-state index in [9.17, 15) is 0 Å². The van der Waals surface area contributed by atoms with Gasteiger partial charge >= 0.3 is 0 Å². The summed E-state index contributed by atoms with van der Waals surface area (Å²) in [5.74, 6) is 0.541. The van der Waals surface area contributed by atoms with Gasteiger partial charge in [-0.15, -0.1) is 12.4 Å². The zero-order chi connectivity index (χ0) is 14.2. The first kappa shape index (κ1) is 17.7. The van der Waals surface area contributed by atoms with Crippen LogP contribution in [-0.4, -0.2) is 6.54 Å². The highest BCUT2D eigenvalue weighted by Gasteiger charge is 2.12. The molecule has 2 atom stereocenters. The average molecular weight is 304 g/mol.